The Labute approximate surface area is 105 Å². The molecule has 17 heavy (non-hydrogen) atoms. The van der Waals surface area contributed by atoms with Crippen molar-refractivity contribution in [3.05, 3.63) is 0 Å². The van der Waals surface area contributed by atoms with Gasteiger partial charge in [0.05, 0.1) is 54.2 Å². The lowest BCUT2D eigenvalue weighted by atomic mass is 10.2. The Morgan fingerprint density at radius 1 is 0.882 bits per heavy atom. The van der Waals surface area contributed by atoms with Crippen molar-refractivity contribution in [2.24, 2.45) is 0 Å². The zero-order valence-corrected chi connectivity index (χ0v) is 11.6. The van der Waals surface area contributed by atoms with Gasteiger partial charge in [0.2, 0.25) is 0 Å². The molecule has 0 aromatic heterocycles. The van der Waals surface area contributed by atoms with Crippen molar-refractivity contribution in [1.29, 1.82) is 0 Å². The van der Waals surface area contributed by atoms with Crippen LogP contribution in [0.3, 0.4) is 0 Å². The predicted octanol–water partition coefficient (Wildman–Crippen LogP) is -0.409. The SMILES string of the molecule is C[N+](C)(C)CCC[N+]12CN3CN(CN(C3)C1)C2. The van der Waals surface area contributed by atoms with Crippen LogP contribution >= 0.6 is 0 Å². The fraction of sp³-hybridized carbons (Fsp3) is 1.00. The number of nitrogens with zero attached hydrogens (tertiary/aromatic N) is 5. The predicted molar refractivity (Wildman–Crippen MR) is 67.4 cm³/mol. The van der Waals surface area contributed by atoms with Crippen LogP contribution < -0.4 is 0 Å². The molecule has 5 nitrogen and oxygen atoms in total. The van der Waals surface area contributed by atoms with Crippen molar-refractivity contribution >= 4 is 0 Å². The van der Waals surface area contributed by atoms with Gasteiger partial charge >= 0.3 is 0 Å². The lowest BCUT2D eigenvalue weighted by molar-refractivity contribution is -0.982. The Morgan fingerprint density at radius 2 is 1.35 bits per heavy atom. The molecule has 0 unspecified atom stereocenters. The summed E-state index contributed by atoms with van der Waals surface area (Å²) in [5, 5.41) is 0. The van der Waals surface area contributed by atoms with Gasteiger partial charge in [-0.2, -0.15) is 0 Å². The molecule has 0 aliphatic carbocycles. The lowest BCUT2D eigenvalue weighted by Crippen LogP contribution is -2.79. The molecule has 0 aromatic carbocycles. The van der Waals surface area contributed by atoms with Gasteiger partial charge in [-0.15, -0.1) is 0 Å². The summed E-state index contributed by atoms with van der Waals surface area (Å²) in [5.41, 5.74) is 0. The molecule has 4 bridgehead atoms. The molecule has 4 rings (SSSR count). The molecular formula is C12H27N5+2. The largest absolute Gasteiger partial charge is 0.331 e. The van der Waals surface area contributed by atoms with E-state index < -0.39 is 0 Å². The molecule has 4 heterocycles. The minimum atomic E-state index is 1.09. The first-order valence-electron chi connectivity index (χ1n) is 6.77. The topological polar surface area (TPSA) is 9.72 Å². The summed E-state index contributed by atoms with van der Waals surface area (Å²) in [6.45, 7) is 10.1. The number of quaternary nitrogens is 2. The third-order valence-corrected chi connectivity index (χ3v) is 4.16. The van der Waals surface area contributed by atoms with Crippen LogP contribution in [-0.2, 0) is 0 Å². The van der Waals surface area contributed by atoms with Crippen LogP contribution in [0.2, 0.25) is 0 Å². The molecule has 0 amide bonds. The Hall–Kier alpha value is -0.200. The molecule has 98 valence electrons. The van der Waals surface area contributed by atoms with E-state index in [0.717, 1.165) is 4.48 Å². The summed E-state index contributed by atoms with van der Waals surface area (Å²) in [5.74, 6) is 0. The first-order chi connectivity index (χ1) is 7.94. The second-order valence-corrected chi connectivity index (χ2v) is 7.29. The van der Waals surface area contributed by atoms with E-state index in [0.29, 0.717) is 0 Å². The molecule has 0 spiro atoms. The Balaban J connectivity index is 1.59. The molecule has 4 fully saturated rings. The highest BCUT2D eigenvalue weighted by molar-refractivity contribution is 4.73. The highest BCUT2D eigenvalue weighted by atomic mass is 15.7. The van der Waals surface area contributed by atoms with Crippen LogP contribution in [0.25, 0.3) is 0 Å². The van der Waals surface area contributed by atoms with Crippen molar-refractivity contribution in [1.82, 2.24) is 14.7 Å². The first kappa shape index (κ1) is 11.9. The number of hydrogen-bond donors (Lipinski definition) is 0. The van der Waals surface area contributed by atoms with Crippen LogP contribution in [0.15, 0.2) is 0 Å². The molecular weight excluding hydrogens is 214 g/mol. The monoisotopic (exact) mass is 241 g/mol. The van der Waals surface area contributed by atoms with Crippen molar-refractivity contribution in [3.63, 3.8) is 0 Å². The van der Waals surface area contributed by atoms with Crippen molar-refractivity contribution < 1.29 is 8.97 Å². The van der Waals surface area contributed by atoms with Crippen molar-refractivity contribution in [2.75, 3.05) is 74.2 Å². The van der Waals surface area contributed by atoms with Crippen LogP contribution in [0, 0.1) is 0 Å². The van der Waals surface area contributed by atoms with E-state index in [1.807, 2.05) is 0 Å². The van der Waals surface area contributed by atoms with Gasteiger partial charge in [-0.3, -0.25) is 4.48 Å². The molecule has 0 saturated carbocycles. The molecule has 5 heteroatoms. The molecule has 0 atom stereocenters. The summed E-state index contributed by atoms with van der Waals surface area (Å²) in [4.78, 5) is 7.80. The maximum atomic E-state index is 2.60. The van der Waals surface area contributed by atoms with Gasteiger partial charge in [0, 0.05) is 6.42 Å². The van der Waals surface area contributed by atoms with Gasteiger partial charge in [0.15, 0.2) is 0 Å². The summed E-state index contributed by atoms with van der Waals surface area (Å²) < 4.78 is 2.39. The molecule has 4 aliphatic rings. The van der Waals surface area contributed by atoms with Crippen LogP contribution in [0.1, 0.15) is 6.42 Å². The van der Waals surface area contributed by atoms with E-state index in [4.69, 9.17) is 0 Å². The van der Waals surface area contributed by atoms with E-state index in [1.54, 1.807) is 0 Å². The Kier molecular flexibility index (Phi) is 2.72. The van der Waals surface area contributed by atoms with Crippen molar-refractivity contribution in [2.45, 2.75) is 6.42 Å². The van der Waals surface area contributed by atoms with Crippen LogP contribution in [-0.4, -0.2) is 97.9 Å². The van der Waals surface area contributed by atoms with E-state index in [9.17, 15) is 0 Å². The normalized spacial score (nSPS) is 44.3. The standard InChI is InChI=1S/C12H27N5/c1-16(2,3)5-4-6-17-10-13-7-14(11-17)9-15(8-13)12-17/h4-12H2,1-3H3/q+2. The van der Waals surface area contributed by atoms with Gasteiger partial charge < -0.3 is 4.48 Å². The van der Waals surface area contributed by atoms with Crippen molar-refractivity contribution in [3.8, 4) is 0 Å². The van der Waals surface area contributed by atoms with E-state index in [-0.39, 0.29) is 0 Å². The zero-order chi connectivity index (χ0) is 12.1. The fourth-order valence-corrected chi connectivity index (χ4v) is 3.75. The molecule has 0 aromatic rings. The third-order valence-electron chi connectivity index (χ3n) is 4.16. The van der Waals surface area contributed by atoms with E-state index in [2.05, 4.69) is 35.8 Å². The minimum Gasteiger partial charge on any atom is -0.331 e. The second kappa shape index (κ2) is 3.90. The van der Waals surface area contributed by atoms with Crippen LogP contribution in [0.4, 0.5) is 0 Å². The maximum absolute atomic E-state index is 2.60. The van der Waals surface area contributed by atoms with Gasteiger partial charge in [-0.05, 0) is 0 Å². The number of hydrogen-bond acceptors (Lipinski definition) is 3. The smallest absolute Gasteiger partial charge is 0.139 e. The van der Waals surface area contributed by atoms with E-state index >= 15 is 0 Å². The summed E-state index contributed by atoms with van der Waals surface area (Å²) in [7, 11) is 6.88. The summed E-state index contributed by atoms with van der Waals surface area (Å²) in [6.07, 6.45) is 1.35. The highest BCUT2D eigenvalue weighted by Crippen LogP contribution is 2.28. The Morgan fingerprint density at radius 3 is 1.76 bits per heavy atom. The van der Waals surface area contributed by atoms with Gasteiger partial charge in [-0.25, -0.2) is 14.7 Å². The van der Waals surface area contributed by atoms with Gasteiger partial charge in [0.25, 0.3) is 0 Å². The fourth-order valence-electron chi connectivity index (χ4n) is 3.75. The zero-order valence-electron chi connectivity index (χ0n) is 11.6. The quantitative estimate of drug-likeness (QED) is 0.620. The molecule has 0 N–H and O–H groups in total. The minimum absolute atomic E-state index is 1.09. The third kappa shape index (κ3) is 2.48. The average molecular weight is 241 g/mol. The highest BCUT2D eigenvalue weighted by Gasteiger charge is 2.48. The Bertz CT molecular complexity index is 260. The molecule has 4 saturated heterocycles. The lowest BCUT2D eigenvalue weighted by Gasteiger charge is -2.60. The second-order valence-electron chi connectivity index (χ2n) is 7.29. The van der Waals surface area contributed by atoms with Crippen LogP contribution in [0.5, 0.6) is 0 Å². The van der Waals surface area contributed by atoms with Gasteiger partial charge in [-0.1, -0.05) is 0 Å². The van der Waals surface area contributed by atoms with E-state index in [1.165, 1.54) is 64.0 Å². The number of rotatable bonds is 4. The van der Waals surface area contributed by atoms with Gasteiger partial charge in [0.1, 0.15) is 20.0 Å². The maximum Gasteiger partial charge on any atom is 0.139 e. The summed E-state index contributed by atoms with van der Waals surface area (Å²) >= 11 is 0. The average Bonchev–Trinajstić information content (AvgIpc) is 2.11. The molecule has 0 radical (unpaired) electrons. The molecule has 4 aliphatic heterocycles. The first-order valence-corrected chi connectivity index (χ1v) is 6.77. The summed E-state index contributed by atoms with van der Waals surface area (Å²) in [6, 6.07) is 0.